The normalized spacial score (nSPS) is 14.2. The predicted octanol–water partition coefficient (Wildman–Crippen LogP) is 4.22. The summed E-state index contributed by atoms with van der Waals surface area (Å²) in [5.74, 6) is 0.444. The molecule has 0 spiro atoms. The topological polar surface area (TPSA) is 86.3 Å². The van der Waals surface area contributed by atoms with E-state index in [9.17, 15) is 4.79 Å². The maximum Gasteiger partial charge on any atom is 0.410 e. The molecule has 29 heavy (non-hydrogen) atoms. The van der Waals surface area contributed by atoms with Gasteiger partial charge in [0.2, 0.25) is 0 Å². The zero-order valence-corrected chi connectivity index (χ0v) is 17.1. The van der Waals surface area contributed by atoms with E-state index in [1.807, 2.05) is 25.3 Å². The number of nitrogens with zero attached hydrogens (tertiary/aromatic N) is 4. The van der Waals surface area contributed by atoms with E-state index in [1.165, 1.54) is 6.20 Å². The van der Waals surface area contributed by atoms with Gasteiger partial charge in [-0.2, -0.15) is 0 Å². The highest BCUT2D eigenvalue weighted by Crippen LogP contribution is 2.36. The number of amides is 1. The van der Waals surface area contributed by atoms with Gasteiger partial charge in [0, 0.05) is 30.2 Å². The zero-order valence-electron chi connectivity index (χ0n) is 16.4. The monoisotopic (exact) mass is 417 g/mol. The molecule has 1 aliphatic rings. The second kappa shape index (κ2) is 6.88. The highest BCUT2D eigenvalue weighted by Gasteiger charge is 2.28. The van der Waals surface area contributed by atoms with Crippen LogP contribution in [-0.4, -0.2) is 37.7 Å². The van der Waals surface area contributed by atoms with E-state index in [4.69, 9.17) is 22.1 Å². The first-order valence-electron chi connectivity index (χ1n) is 9.20. The standard InChI is InChI=1S/C20H21ClFN5O2/c1-20(2,3)29-19(28)26-4-5-27-14(9-25-16(27)10-26)12-6-11-7-15(23)24-8-13(11)17(21)18(12)22/h6-9H,4-5,10H2,1-3H3,(H2,23,24). The molecule has 0 bridgehead atoms. The van der Waals surface area contributed by atoms with Crippen LogP contribution in [0.5, 0.6) is 0 Å². The van der Waals surface area contributed by atoms with Gasteiger partial charge in [-0.05, 0) is 38.3 Å². The second-order valence-electron chi connectivity index (χ2n) is 8.00. The number of hydrogen-bond donors (Lipinski definition) is 1. The van der Waals surface area contributed by atoms with Crippen LogP contribution in [0.2, 0.25) is 5.02 Å². The Morgan fingerprint density at radius 1 is 1.24 bits per heavy atom. The molecule has 3 aromatic rings. The molecule has 0 aliphatic carbocycles. The lowest BCUT2D eigenvalue weighted by Gasteiger charge is -2.31. The molecule has 152 valence electrons. The van der Waals surface area contributed by atoms with Crippen LogP contribution in [0.15, 0.2) is 24.5 Å². The summed E-state index contributed by atoms with van der Waals surface area (Å²) in [4.78, 5) is 22.3. The number of halogens is 2. The lowest BCUT2D eigenvalue weighted by molar-refractivity contribution is 0.0196. The molecule has 7 nitrogen and oxygen atoms in total. The van der Waals surface area contributed by atoms with E-state index in [-0.39, 0.29) is 11.6 Å². The molecule has 1 amide bonds. The number of benzene rings is 1. The van der Waals surface area contributed by atoms with Crippen LogP contribution >= 0.6 is 11.6 Å². The Morgan fingerprint density at radius 2 is 2.00 bits per heavy atom. The molecule has 3 heterocycles. The number of pyridine rings is 1. The largest absolute Gasteiger partial charge is 0.444 e. The van der Waals surface area contributed by atoms with E-state index >= 15 is 4.39 Å². The highest BCUT2D eigenvalue weighted by atomic mass is 35.5. The van der Waals surface area contributed by atoms with Gasteiger partial charge in [-0.15, -0.1) is 0 Å². The number of carbonyl (C=O) groups excluding carboxylic acids is 1. The van der Waals surface area contributed by atoms with E-state index in [2.05, 4.69) is 9.97 Å². The van der Waals surface area contributed by atoms with Crippen LogP contribution in [0.1, 0.15) is 26.6 Å². The number of rotatable bonds is 1. The van der Waals surface area contributed by atoms with Crippen molar-refractivity contribution in [2.75, 3.05) is 12.3 Å². The number of imidazole rings is 1. The summed E-state index contributed by atoms with van der Waals surface area (Å²) in [6.45, 7) is 6.66. The number of anilines is 1. The molecular formula is C20H21ClFN5O2. The third kappa shape index (κ3) is 3.60. The van der Waals surface area contributed by atoms with Crippen molar-refractivity contribution >= 4 is 34.3 Å². The third-order valence-electron chi connectivity index (χ3n) is 4.71. The van der Waals surface area contributed by atoms with Crippen LogP contribution in [0.4, 0.5) is 15.0 Å². The Morgan fingerprint density at radius 3 is 2.72 bits per heavy atom. The summed E-state index contributed by atoms with van der Waals surface area (Å²) in [5, 5.41) is 1.18. The minimum absolute atomic E-state index is 0.00765. The van der Waals surface area contributed by atoms with Gasteiger partial charge in [0.1, 0.15) is 17.2 Å². The van der Waals surface area contributed by atoms with Crippen molar-refractivity contribution in [2.45, 2.75) is 39.5 Å². The maximum atomic E-state index is 15.0. The number of carbonyl (C=O) groups is 1. The van der Waals surface area contributed by atoms with E-state index < -0.39 is 17.5 Å². The van der Waals surface area contributed by atoms with Crippen LogP contribution < -0.4 is 5.73 Å². The van der Waals surface area contributed by atoms with Gasteiger partial charge in [-0.3, -0.25) is 4.90 Å². The first-order chi connectivity index (χ1) is 13.6. The summed E-state index contributed by atoms with van der Waals surface area (Å²) < 4.78 is 22.4. The molecule has 1 aliphatic heterocycles. The van der Waals surface area contributed by atoms with Crippen molar-refractivity contribution in [1.29, 1.82) is 0 Å². The van der Waals surface area contributed by atoms with E-state index in [0.29, 0.717) is 46.8 Å². The SMILES string of the molecule is CC(C)(C)OC(=O)N1CCn2c(-c3cc4cc(N)ncc4c(Cl)c3F)cnc2C1. The van der Waals surface area contributed by atoms with Gasteiger partial charge < -0.3 is 15.0 Å². The van der Waals surface area contributed by atoms with Crippen molar-refractivity contribution in [2.24, 2.45) is 0 Å². The van der Waals surface area contributed by atoms with E-state index in [1.54, 1.807) is 23.2 Å². The molecule has 0 radical (unpaired) electrons. The minimum atomic E-state index is -0.573. The maximum absolute atomic E-state index is 15.0. The van der Waals surface area contributed by atoms with Gasteiger partial charge in [0.15, 0.2) is 5.82 Å². The molecule has 0 unspecified atom stereocenters. The van der Waals surface area contributed by atoms with Crippen molar-refractivity contribution < 1.29 is 13.9 Å². The Balaban J connectivity index is 1.70. The minimum Gasteiger partial charge on any atom is -0.444 e. The van der Waals surface area contributed by atoms with Gasteiger partial charge in [-0.25, -0.2) is 19.2 Å². The molecule has 2 aromatic heterocycles. The van der Waals surface area contributed by atoms with Crippen molar-refractivity contribution in [1.82, 2.24) is 19.4 Å². The molecule has 2 N–H and O–H groups in total. The fourth-order valence-electron chi connectivity index (χ4n) is 3.39. The highest BCUT2D eigenvalue weighted by molar-refractivity contribution is 6.36. The predicted molar refractivity (Wildman–Crippen MR) is 109 cm³/mol. The molecule has 1 aromatic carbocycles. The summed E-state index contributed by atoms with van der Waals surface area (Å²) in [6, 6.07) is 3.35. The fraction of sp³-hybridized carbons (Fsp3) is 0.350. The summed E-state index contributed by atoms with van der Waals surface area (Å²) in [7, 11) is 0. The summed E-state index contributed by atoms with van der Waals surface area (Å²) in [5.41, 5.74) is 6.12. The number of nitrogens with two attached hydrogens (primary N) is 1. The van der Waals surface area contributed by atoms with Gasteiger partial charge in [0.05, 0.1) is 23.5 Å². The molecule has 0 fully saturated rings. The average Bonchev–Trinajstić information content (AvgIpc) is 3.06. The van der Waals surface area contributed by atoms with Gasteiger partial charge >= 0.3 is 6.09 Å². The summed E-state index contributed by atoms with van der Waals surface area (Å²) in [6.07, 6.45) is 2.67. The molecule has 9 heteroatoms. The van der Waals surface area contributed by atoms with E-state index in [0.717, 1.165) is 0 Å². The smallest absolute Gasteiger partial charge is 0.410 e. The lowest BCUT2D eigenvalue weighted by atomic mass is 10.1. The molecular weight excluding hydrogens is 397 g/mol. The fourth-order valence-corrected chi connectivity index (χ4v) is 3.65. The number of aromatic nitrogens is 3. The summed E-state index contributed by atoms with van der Waals surface area (Å²) >= 11 is 6.25. The van der Waals surface area contributed by atoms with Gasteiger partial charge in [-0.1, -0.05) is 11.6 Å². The lowest BCUT2D eigenvalue weighted by Crippen LogP contribution is -2.41. The Bertz CT molecular complexity index is 1120. The molecule has 0 atom stereocenters. The quantitative estimate of drug-likeness (QED) is 0.640. The van der Waals surface area contributed by atoms with Crippen LogP contribution in [-0.2, 0) is 17.8 Å². The van der Waals surface area contributed by atoms with Crippen LogP contribution in [0.25, 0.3) is 22.0 Å². The first kappa shape index (κ1) is 19.4. The number of hydrogen-bond acceptors (Lipinski definition) is 5. The van der Waals surface area contributed by atoms with Crippen molar-refractivity contribution in [3.63, 3.8) is 0 Å². The third-order valence-corrected chi connectivity index (χ3v) is 5.08. The Labute approximate surface area is 172 Å². The average molecular weight is 418 g/mol. The molecule has 0 saturated heterocycles. The zero-order chi connectivity index (χ0) is 20.9. The van der Waals surface area contributed by atoms with Crippen LogP contribution in [0, 0.1) is 5.82 Å². The molecule has 0 saturated carbocycles. The van der Waals surface area contributed by atoms with Crippen LogP contribution in [0.3, 0.4) is 0 Å². The first-order valence-corrected chi connectivity index (χ1v) is 9.58. The Kier molecular flexibility index (Phi) is 4.61. The number of fused-ring (bicyclic) bond motifs is 2. The van der Waals surface area contributed by atoms with Crippen molar-refractivity contribution in [3.05, 3.63) is 41.2 Å². The number of ether oxygens (including phenoxy) is 1. The van der Waals surface area contributed by atoms with Crippen molar-refractivity contribution in [3.8, 4) is 11.3 Å². The number of nitrogen functional groups attached to an aromatic ring is 1. The molecule has 4 rings (SSSR count). The Hall–Kier alpha value is -2.87. The van der Waals surface area contributed by atoms with Gasteiger partial charge in [0.25, 0.3) is 0 Å². The second-order valence-corrected chi connectivity index (χ2v) is 8.37.